The Bertz CT molecular complexity index is 3010. The first kappa shape index (κ1) is 35.3. The number of para-hydroxylation sites is 1. The summed E-state index contributed by atoms with van der Waals surface area (Å²) in [6.45, 7) is 12.3. The summed E-state index contributed by atoms with van der Waals surface area (Å²) >= 11 is 0. The minimum atomic E-state index is -0.381. The Morgan fingerprint density at radius 3 is 1.98 bits per heavy atom. The highest BCUT2D eigenvalue weighted by molar-refractivity contribution is 6.29. The van der Waals surface area contributed by atoms with Crippen LogP contribution in [-0.4, -0.2) is 17.1 Å². The third-order valence-electron chi connectivity index (χ3n) is 10.2. The van der Waals surface area contributed by atoms with Crippen molar-refractivity contribution < 1.29 is 4.42 Å². The van der Waals surface area contributed by atoms with Crippen LogP contribution in [0.1, 0.15) is 45.0 Å². The van der Waals surface area contributed by atoms with Gasteiger partial charge in [-0.05, 0) is 63.5 Å². The monoisotopic (exact) mass is 716 g/mol. The van der Waals surface area contributed by atoms with Crippen molar-refractivity contribution in [3.8, 4) is 0 Å². The molecule has 0 fully saturated rings. The average Bonchev–Trinajstić information content (AvgIpc) is 3.81. The van der Waals surface area contributed by atoms with Gasteiger partial charge in [0.25, 0.3) is 0 Å². The van der Waals surface area contributed by atoms with Gasteiger partial charge in [-0.2, -0.15) is 0 Å². The highest BCUT2D eigenvalue weighted by Gasteiger charge is 2.20. The van der Waals surface area contributed by atoms with E-state index in [-0.39, 0.29) is 6.17 Å². The highest BCUT2D eigenvalue weighted by atomic mass is 16.3. The van der Waals surface area contributed by atoms with Crippen molar-refractivity contribution in [2.75, 3.05) is 0 Å². The molecular formula is C50H44N4O. The molecule has 0 radical (unpaired) electrons. The molecule has 1 unspecified atom stereocenters. The molecule has 10 rings (SSSR count). The van der Waals surface area contributed by atoms with E-state index in [4.69, 9.17) is 9.41 Å². The zero-order chi connectivity index (χ0) is 37.9. The fourth-order valence-electron chi connectivity index (χ4n) is 7.84. The lowest BCUT2D eigenvalue weighted by atomic mass is 10.00. The number of furan rings is 1. The number of hydrogen-bond acceptors (Lipinski definition) is 3. The fourth-order valence-corrected chi connectivity index (χ4v) is 7.84. The Hall–Kier alpha value is -6.72. The van der Waals surface area contributed by atoms with E-state index in [9.17, 15) is 0 Å². The number of nitrogens with zero attached hydrogens (tertiary/aromatic N) is 3. The summed E-state index contributed by atoms with van der Waals surface area (Å²) in [7, 11) is 0. The Balaban J connectivity index is 0.00000104. The fraction of sp³-hybridized carbons (Fsp3) is 0.120. The highest BCUT2D eigenvalue weighted by Crippen LogP contribution is 2.42. The Kier molecular flexibility index (Phi) is 9.84. The van der Waals surface area contributed by atoms with Crippen LogP contribution < -0.4 is 5.32 Å². The molecule has 0 spiro atoms. The van der Waals surface area contributed by atoms with E-state index >= 15 is 0 Å². The summed E-state index contributed by atoms with van der Waals surface area (Å²) in [6, 6.07) is 55.3. The normalized spacial score (nSPS) is 12.2. The zero-order valence-corrected chi connectivity index (χ0v) is 31.8. The first-order valence-electron chi connectivity index (χ1n) is 19.2. The molecule has 2 aromatic heterocycles. The van der Waals surface area contributed by atoms with E-state index < -0.39 is 0 Å². The average molecular weight is 717 g/mol. The van der Waals surface area contributed by atoms with Crippen LogP contribution in [0, 0.1) is 0 Å². The van der Waals surface area contributed by atoms with Crippen LogP contribution in [-0.2, 0) is 6.67 Å². The van der Waals surface area contributed by atoms with Gasteiger partial charge in [-0.3, -0.25) is 4.99 Å². The van der Waals surface area contributed by atoms with Gasteiger partial charge in [0.2, 0.25) is 0 Å². The third kappa shape index (κ3) is 6.18. The second kappa shape index (κ2) is 15.3. The lowest BCUT2D eigenvalue weighted by Crippen LogP contribution is -2.28. The molecule has 1 N–H and O–H groups in total. The van der Waals surface area contributed by atoms with E-state index in [0.717, 1.165) is 55.3 Å². The molecule has 0 aliphatic heterocycles. The van der Waals surface area contributed by atoms with Gasteiger partial charge >= 0.3 is 0 Å². The molecule has 0 saturated carbocycles. The summed E-state index contributed by atoms with van der Waals surface area (Å²) in [5.41, 5.74) is 6.03. The SMILES string of the molecule is C=NC(N/C(=N\Cn1c2ccc3oc4ccccc4c3c2c2ccc3ccccc3c21)c1ccc2c(ccc3ccccc32)c1)c1ccccc1.CC.CC. The molecule has 0 amide bonds. The quantitative estimate of drug-likeness (QED) is 0.106. The second-order valence-electron chi connectivity index (χ2n) is 13.1. The number of benzene rings is 8. The third-order valence-corrected chi connectivity index (χ3v) is 10.2. The molecular weight excluding hydrogens is 673 g/mol. The number of nitrogens with one attached hydrogen (secondary N) is 1. The molecule has 1 atom stereocenters. The number of rotatable bonds is 6. The van der Waals surface area contributed by atoms with Crippen molar-refractivity contribution in [1.82, 2.24) is 9.88 Å². The summed E-state index contributed by atoms with van der Waals surface area (Å²) in [4.78, 5) is 9.92. The van der Waals surface area contributed by atoms with Gasteiger partial charge in [0.15, 0.2) is 0 Å². The summed E-state index contributed by atoms with van der Waals surface area (Å²) in [6.07, 6.45) is -0.381. The van der Waals surface area contributed by atoms with Crippen LogP contribution in [0.25, 0.3) is 76.1 Å². The smallest absolute Gasteiger partial charge is 0.145 e. The Labute approximate surface area is 321 Å². The predicted molar refractivity (Wildman–Crippen MR) is 237 cm³/mol. The number of amidine groups is 1. The Morgan fingerprint density at radius 1 is 0.582 bits per heavy atom. The van der Waals surface area contributed by atoms with Gasteiger partial charge < -0.3 is 14.3 Å². The van der Waals surface area contributed by atoms with Crippen LogP contribution >= 0.6 is 0 Å². The summed E-state index contributed by atoms with van der Waals surface area (Å²) in [5, 5.41) is 15.5. The lowest BCUT2D eigenvalue weighted by Gasteiger charge is -2.19. The van der Waals surface area contributed by atoms with Crippen molar-refractivity contribution in [1.29, 1.82) is 0 Å². The first-order valence-corrected chi connectivity index (χ1v) is 19.2. The Morgan fingerprint density at radius 2 is 1.20 bits per heavy atom. The van der Waals surface area contributed by atoms with Crippen molar-refractivity contribution in [2.45, 2.75) is 40.5 Å². The molecule has 10 aromatic rings. The molecule has 2 heterocycles. The topological polar surface area (TPSA) is 54.8 Å². The van der Waals surface area contributed by atoms with Gasteiger partial charge in [0, 0.05) is 32.5 Å². The maximum absolute atomic E-state index is 6.36. The van der Waals surface area contributed by atoms with Gasteiger partial charge in [-0.25, -0.2) is 4.99 Å². The van der Waals surface area contributed by atoms with E-state index in [1.165, 1.54) is 37.7 Å². The van der Waals surface area contributed by atoms with Gasteiger partial charge in [-0.1, -0.05) is 161 Å². The minimum absolute atomic E-state index is 0.381. The van der Waals surface area contributed by atoms with Crippen molar-refractivity contribution in [2.24, 2.45) is 9.98 Å². The van der Waals surface area contributed by atoms with E-state index in [0.29, 0.717) is 6.67 Å². The number of hydrogen-bond donors (Lipinski definition) is 1. The molecule has 55 heavy (non-hydrogen) atoms. The van der Waals surface area contributed by atoms with Gasteiger partial charge in [0.1, 0.15) is 29.8 Å². The van der Waals surface area contributed by atoms with Crippen molar-refractivity contribution in [3.05, 3.63) is 169 Å². The van der Waals surface area contributed by atoms with Gasteiger partial charge in [-0.15, -0.1) is 0 Å². The van der Waals surface area contributed by atoms with Crippen molar-refractivity contribution in [3.63, 3.8) is 0 Å². The van der Waals surface area contributed by atoms with E-state index in [2.05, 4.69) is 149 Å². The van der Waals surface area contributed by atoms with Crippen LogP contribution in [0.15, 0.2) is 172 Å². The van der Waals surface area contributed by atoms with Crippen molar-refractivity contribution >= 4 is 88.6 Å². The zero-order valence-electron chi connectivity index (χ0n) is 31.8. The van der Waals surface area contributed by atoms with Crippen LogP contribution in [0.5, 0.6) is 0 Å². The molecule has 8 aromatic carbocycles. The van der Waals surface area contributed by atoms with Crippen LogP contribution in [0.3, 0.4) is 0 Å². The molecule has 0 bridgehead atoms. The molecule has 0 aliphatic rings. The number of aliphatic imine (C=N–C) groups is 2. The van der Waals surface area contributed by atoms with E-state index in [1.807, 2.05) is 58.0 Å². The molecule has 270 valence electrons. The number of fused-ring (bicyclic) bond motifs is 12. The predicted octanol–water partition coefficient (Wildman–Crippen LogP) is 13.6. The first-order chi connectivity index (χ1) is 27.2. The molecule has 5 heteroatoms. The summed E-state index contributed by atoms with van der Waals surface area (Å²) < 4.78 is 8.71. The van der Waals surface area contributed by atoms with Gasteiger partial charge in [0.05, 0.1) is 11.0 Å². The lowest BCUT2D eigenvalue weighted by molar-refractivity contribution is 0.669. The van der Waals surface area contributed by atoms with Crippen LogP contribution in [0.2, 0.25) is 0 Å². The standard InChI is InChI=1S/C46H32N4O.2C2H6/c1-47-45(31-13-3-2-4-14-31)49-46(33-22-23-35-32(27-33)20-19-29-11-5-7-15-34(29)35)48-28-50-39-25-26-41-43(37-17-9-10-18-40(37)51-41)42(39)38-24-21-30-12-6-8-16-36(30)44(38)50;2*1-2/h2-27,45H,1,28H2,(H,48,49);2*1-2H3. The second-order valence-corrected chi connectivity index (χ2v) is 13.1. The minimum Gasteiger partial charge on any atom is -0.456 e. The van der Waals surface area contributed by atoms with E-state index in [1.54, 1.807) is 0 Å². The maximum atomic E-state index is 6.36. The molecule has 0 saturated heterocycles. The largest absolute Gasteiger partial charge is 0.456 e. The maximum Gasteiger partial charge on any atom is 0.145 e. The molecule has 5 nitrogen and oxygen atoms in total. The number of aromatic nitrogens is 1. The molecule has 0 aliphatic carbocycles. The van der Waals surface area contributed by atoms with Crippen LogP contribution in [0.4, 0.5) is 0 Å². The summed E-state index contributed by atoms with van der Waals surface area (Å²) in [5.74, 6) is 0.747.